The Morgan fingerprint density at radius 3 is 2.08 bits per heavy atom. The Labute approximate surface area is 225 Å². The largest absolute Gasteiger partial charge is 0.325 e. The minimum Gasteiger partial charge on any atom is -0.325 e. The number of halogens is 2. The molecule has 1 N–H and O–H groups in total. The zero-order valence-electron chi connectivity index (χ0n) is 19.0. The van der Waals surface area contributed by atoms with Crippen LogP contribution in [0.1, 0.15) is 5.56 Å². The molecule has 0 aromatic heterocycles. The molecule has 4 aromatic rings. The number of sulfonamides is 1. The van der Waals surface area contributed by atoms with Crippen molar-refractivity contribution in [2.75, 3.05) is 16.2 Å². The molecule has 0 atom stereocenters. The average Bonchev–Trinajstić information content (AvgIpc) is 2.89. The van der Waals surface area contributed by atoms with Crippen LogP contribution in [0.3, 0.4) is 0 Å². The van der Waals surface area contributed by atoms with Crippen LogP contribution >= 0.6 is 35.0 Å². The number of hydrogen-bond acceptors (Lipinski definition) is 4. The van der Waals surface area contributed by atoms with E-state index in [4.69, 9.17) is 23.2 Å². The van der Waals surface area contributed by atoms with E-state index in [9.17, 15) is 13.2 Å². The molecule has 0 fully saturated rings. The average molecular weight is 558 g/mol. The molecule has 0 unspecified atom stereocenters. The molecule has 1 amide bonds. The normalized spacial score (nSPS) is 11.2. The second-order valence-corrected chi connectivity index (χ2v) is 11.5. The van der Waals surface area contributed by atoms with Gasteiger partial charge < -0.3 is 5.32 Å². The summed E-state index contributed by atoms with van der Waals surface area (Å²) in [6.07, 6.45) is 0. The summed E-state index contributed by atoms with van der Waals surface area (Å²) in [6.45, 7) is -0.444. The maximum Gasteiger partial charge on any atom is 0.264 e. The first-order chi connectivity index (χ1) is 17.3. The van der Waals surface area contributed by atoms with E-state index in [1.165, 1.54) is 35.2 Å². The van der Waals surface area contributed by atoms with E-state index >= 15 is 0 Å². The van der Waals surface area contributed by atoms with Gasteiger partial charge in [-0.1, -0.05) is 71.7 Å². The molecule has 0 saturated heterocycles. The van der Waals surface area contributed by atoms with Crippen LogP contribution in [-0.4, -0.2) is 20.9 Å². The van der Waals surface area contributed by atoms with Crippen molar-refractivity contribution in [3.63, 3.8) is 0 Å². The van der Waals surface area contributed by atoms with Gasteiger partial charge in [0, 0.05) is 16.3 Å². The summed E-state index contributed by atoms with van der Waals surface area (Å²) in [7, 11) is -4.04. The highest BCUT2D eigenvalue weighted by atomic mass is 35.5. The van der Waals surface area contributed by atoms with Crippen LogP contribution in [-0.2, 0) is 20.6 Å². The van der Waals surface area contributed by atoms with Crippen LogP contribution in [0.2, 0.25) is 10.0 Å². The predicted molar refractivity (Wildman–Crippen MR) is 149 cm³/mol. The molecule has 36 heavy (non-hydrogen) atoms. The first kappa shape index (κ1) is 26.1. The summed E-state index contributed by atoms with van der Waals surface area (Å²) in [5.74, 6) is 0.297. The Bertz CT molecular complexity index is 1430. The fraction of sp³-hybridized carbons (Fsp3) is 0.0741. The van der Waals surface area contributed by atoms with E-state index in [2.05, 4.69) is 17.4 Å². The molecule has 0 radical (unpaired) electrons. The summed E-state index contributed by atoms with van der Waals surface area (Å²) in [5, 5.41) is 3.25. The van der Waals surface area contributed by atoms with Crippen LogP contribution in [0.25, 0.3) is 0 Å². The van der Waals surface area contributed by atoms with E-state index in [0.717, 1.165) is 15.6 Å². The van der Waals surface area contributed by atoms with Crippen molar-refractivity contribution in [2.24, 2.45) is 0 Å². The third-order valence-corrected chi connectivity index (χ3v) is 8.81. The van der Waals surface area contributed by atoms with Gasteiger partial charge >= 0.3 is 0 Å². The van der Waals surface area contributed by atoms with Gasteiger partial charge in [-0.3, -0.25) is 9.10 Å². The molecule has 5 nitrogen and oxygen atoms in total. The van der Waals surface area contributed by atoms with Crippen LogP contribution < -0.4 is 9.62 Å². The molecular formula is C27H22Cl2N2O3S2. The molecule has 9 heteroatoms. The summed E-state index contributed by atoms with van der Waals surface area (Å²) < 4.78 is 27.9. The van der Waals surface area contributed by atoms with Gasteiger partial charge in [0.25, 0.3) is 10.0 Å². The SMILES string of the molecule is O=C(CN(c1ccc(Cl)c(Cl)c1)S(=O)(=O)c1ccccc1)Nc1ccc(CSc2ccccc2)cc1. The van der Waals surface area contributed by atoms with Gasteiger partial charge in [-0.15, -0.1) is 11.8 Å². The second-order valence-electron chi connectivity index (χ2n) is 7.77. The van der Waals surface area contributed by atoms with E-state index in [-0.39, 0.29) is 20.6 Å². The second kappa shape index (κ2) is 11.8. The van der Waals surface area contributed by atoms with Crippen LogP contribution in [0.15, 0.2) is 113 Å². The van der Waals surface area contributed by atoms with Crippen molar-refractivity contribution in [2.45, 2.75) is 15.5 Å². The van der Waals surface area contributed by atoms with E-state index in [1.54, 1.807) is 42.1 Å². The minimum absolute atomic E-state index is 0.0594. The molecule has 0 aliphatic carbocycles. The quantitative estimate of drug-likeness (QED) is 0.223. The maximum atomic E-state index is 13.4. The highest BCUT2D eigenvalue weighted by molar-refractivity contribution is 7.98. The summed E-state index contributed by atoms with van der Waals surface area (Å²) in [5.41, 5.74) is 1.90. The summed E-state index contributed by atoms with van der Waals surface area (Å²) in [6, 6.07) is 29.9. The van der Waals surface area contributed by atoms with E-state index in [1.807, 2.05) is 30.3 Å². The number of nitrogens with one attached hydrogen (secondary N) is 1. The van der Waals surface area contributed by atoms with E-state index in [0.29, 0.717) is 5.69 Å². The molecule has 0 spiro atoms. The monoisotopic (exact) mass is 556 g/mol. The number of benzene rings is 4. The molecule has 184 valence electrons. The molecule has 0 bridgehead atoms. The van der Waals surface area contributed by atoms with Gasteiger partial charge in [-0.2, -0.15) is 0 Å². The number of carbonyl (C=O) groups is 1. The molecule has 0 heterocycles. The number of anilines is 2. The lowest BCUT2D eigenvalue weighted by molar-refractivity contribution is -0.114. The predicted octanol–water partition coefficient (Wildman–Crippen LogP) is 7.12. The number of hydrogen-bond donors (Lipinski definition) is 1. The summed E-state index contributed by atoms with van der Waals surface area (Å²) in [4.78, 5) is 14.2. The zero-order valence-corrected chi connectivity index (χ0v) is 22.1. The Balaban J connectivity index is 1.49. The highest BCUT2D eigenvalue weighted by Crippen LogP contribution is 2.30. The van der Waals surface area contributed by atoms with Crippen molar-refractivity contribution >= 4 is 62.3 Å². The molecule has 4 aromatic carbocycles. The van der Waals surface area contributed by atoms with Gasteiger partial charge in [0.05, 0.1) is 20.6 Å². The lowest BCUT2D eigenvalue weighted by atomic mass is 10.2. The number of thioether (sulfide) groups is 1. The number of amides is 1. The van der Waals surface area contributed by atoms with Crippen molar-refractivity contribution in [3.05, 3.63) is 119 Å². The zero-order chi connectivity index (χ0) is 25.5. The molecule has 0 saturated carbocycles. The molecule has 0 aliphatic rings. The van der Waals surface area contributed by atoms with Crippen LogP contribution in [0.4, 0.5) is 11.4 Å². The Kier molecular flexibility index (Phi) is 8.59. The Morgan fingerprint density at radius 2 is 1.44 bits per heavy atom. The molecule has 0 aliphatic heterocycles. The lowest BCUT2D eigenvalue weighted by Gasteiger charge is -2.24. The van der Waals surface area contributed by atoms with Crippen molar-refractivity contribution in [1.29, 1.82) is 0 Å². The van der Waals surface area contributed by atoms with Crippen molar-refractivity contribution in [3.8, 4) is 0 Å². The summed E-state index contributed by atoms with van der Waals surface area (Å²) >= 11 is 13.9. The van der Waals surface area contributed by atoms with Crippen LogP contribution in [0, 0.1) is 0 Å². The van der Waals surface area contributed by atoms with Gasteiger partial charge in [0.2, 0.25) is 5.91 Å². The topological polar surface area (TPSA) is 66.5 Å². The fourth-order valence-electron chi connectivity index (χ4n) is 3.37. The van der Waals surface area contributed by atoms with Crippen LogP contribution in [0.5, 0.6) is 0 Å². The highest BCUT2D eigenvalue weighted by Gasteiger charge is 2.27. The number of rotatable bonds is 9. The van der Waals surface area contributed by atoms with E-state index < -0.39 is 22.5 Å². The van der Waals surface area contributed by atoms with Gasteiger partial charge in [-0.05, 0) is 60.2 Å². The lowest BCUT2D eigenvalue weighted by Crippen LogP contribution is -2.38. The Hall–Kier alpha value is -2.97. The number of nitrogens with zero attached hydrogens (tertiary/aromatic N) is 1. The van der Waals surface area contributed by atoms with Gasteiger partial charge in [0.1, 0.15) is 6.54 Å². The fourth-order valence-corrected chi connectivity index (χ4v) is 5.98. The van der Waals surface area contributed by atoms with Gasteiger partial charge in [-0.25, -0.2) is 8.42 Å². The molecular weight excluding hydrogens is 535 g/mol. The van der Waals surface area contributed by atoms with Gasteiger partial charge in [0.15, 0.2) is 0 Å². The standard InChI is InChI=1S/C27H22Cl2N2O3S2/c28-25-16-15-22(17-26(25)29)31(36(33,34)24-9-5-2-6-10-24)18-27(32)30-21-13-11-20(12-14-21)19-35-23-7-3-1-4-8-23/h1-17H,18-19H2,(H,30,32). The number of carbonyl (C=O) groups excluding carboxylic acids is 1. The van der Waals surface area contributed by atoms with Crippen molar-refractivity contribution in [1.82, 2.24) is 0 Å². The third kappa shape index (κ3) is 6.62. The van der Waals surface area contributed by atoms with Crippen molar-refractivity contribution < 1.29 is 13.2 Å². The maximum absolute atomic E-state index is 13.4. The molecule has 4 rings (SSSR count). The minimum atomic E-state index is -4.04. The smallest absolute Gasteiger partial charge is 0.264 e. The first-order valence-electron chi connectivity index (χ1n) is 10.9. The third-order valence-electron chi connectivity index (χ3n) is 5.20. The Morgan fingerprint density at radius 1 is 0.806 bits per heavy atom. The first-order valence-corrected chi connectivity index (χ1v) is 14.1.